The number of piperidine rings is 1. The smallest absolute Gasteiger partial charge is 0.315 e. The summed E-state index contributed by atoms with van der Waals surface area (Å²) in [6, 6.07) is 7.01. The van der Waals surface area contributed by atoms with Crippen LogP contribution in [0.1, 0.15) is 104 Å². The van der Waals surface area contributed by atoms with E-state index in [4.69, 9.17) is 12.8 Å². The zero-order chi connectivity index (χ0) is 37.4. The van der Waals surface area contributed by atoms with E-state index in [0.717, 1.165) is 51.4 Å². The molecule has 0 spiro atoms. The summed E-state index contributed by atoms with van der Waals surface area (Å²) >= 11 is 0. The van der Waals surface area contributed by atoms with Crippen molar-refractivity contribution in [3.8, 4) is 24.7 Å². The number of hydrogen-bond acceptors (Lipinski definition) is 5. The predicted octanol–water partition coefficient (Wildman–Crippen LogP) is 4.52. The number of fused-ring (bicyclic) bond motifs is 1. The Morgan fingerprint density at radius 1 is 0.961 bits per heavy atom. The van der Waals surface area contributed by atoms with Gasteiger partial charge < -0.3 is 26.2 Å². The summed E-state index contributed by atoms with van der Waals surface area (Å²) in [5.74, 6) is 2.29. The molecule has 1 heterocycles. The second-order valence-electron chi connectivity index (χ2n) is 16.3. The third-order valence-electron chi connectivity index (χ3n) is 11.3. The quantitative estimate of drug-likeness (QED) is 0.121. The Balaban J connectivity index is 1.49. The average Bonchev–Trinajstić information content (AvgIpc) is 3.38. The normalized spacial score (nSPS) is 22.6. The van der Waals surface area contributed by atoms with E-state index in [2.05, 4.69) is 59.1 Å². The number of carbonyl (C=O) groups excluding carboxylic acids is 5. The van der Waals surface area contributed by atoms with Crippen LogP contribution in [-0.2, 0) is 25.6 Å². The zero-order valence-corrected chi connectivity index (χ0v) is 31.1. The number of benzene rings is 1. The molecule has 1 aliphatic heterocycles. The van der Waals surface area contributed by atoms with Gasteiger partial charge in [-0.05, 0) is 66.8 Å². The van der Waals surface area contributed by atoms with Gasteiger partial charge in [0.05, 0.1) is 6.04 Å². The standard InChI is InChI=1S/C41H57N5O5/c1-8-10-22-30(33(47)36(49)42-26-11-9-2)43-35(48)32-31-29(40(31,6)7)27-46(32)37(50)34(39(3,4)5)44-38(51)45-41(23-16-13-17-24-41)25-18-21-28-19-14-12-15-20-28/h1-2,12,14-15,19-20,29-32,34H,10-11,13,16-18,21-27H2,3-7H3,(H,42,49)(H,43,48)(H2,44,45,51)/t29?,30?,31-,32-,34+/m0/s1. The van der Waals surface area contributed by atoms with Gasteiger partial charge in [-0.25, -0.2) is 4.79 Å². The number of amides is 5. The van der Waals surface area contributed by atoms with E-state index in [1.165, 1.54) is 5.56 Å². The van der Waals surface area contributed by atoms with Crippen LogP contribution in [0.5, 0.6) is 0 Å². The van der Waals surface area contributed by atoms with Crippen LogP contribution >= 0.6 is 0 Å². The van der Waals surface area contributed by atoms with Crippen LogP contribution < -0.4 is 21.3 Å². The number of Topliss-reactive ketones (excluding diaryl/α,β-unsaturated/α-hetero) is 1. The lowest BCUT2D eigenvalue weighted by Crippen LogP contribution is -2.63. The number of nitrogens with zero attached hydrogens (tertiary/aromatic N) is 1. The molecule has 3 fully saturated rings. The molecule has 4 N–H and O–H groups in total. The Kier molecular flexibility index (Phi) is 13.0. The van der Waals surface area contributed by atoms with Gasteiger partial charge in [0.1, 0.15) is 12.1 Å². The molecule has 5 atom stereocenters. The molecule has 0 bridgehead atoms. The number of carbonyl (C=O) groups is 5. The number of ketones is 1. The summed E-state index contributed by atoms with van der Waals surface area (Å²) in [7, 11) is 0. The maximum atomic E-state index is 14.5. The van der Waals surface area contributed by atoms with Crippen LogP contribution in [0.15, 0.2) is 30.3 Å². The lowest BCUT2D eigenvalue weighted by molar-refractivity contribution is -0.145. The Hall–Kier alpha value is -4.31. The molecule has 3 aliphatic rings. The number of terminal acetylenes is 2. The van der Waals surface area contributed by atoms with Crippen LogP contribution in [0, 0.1) is 47.4 Å². The number of hydrogen-bond donors (Lipinski definition) is 4. The molecule has 2 saturated carbocycles. The van der Waals surface area contributed by atoms with Gasteiger partial charge in [-0.3, -0.25) is 19.2 Å². The lowest BCUT2D eigenvalue weighted by atomic mass is 9.78. The molecule has 4 rings (SSSR count). The fourth-order valence-corrected chi connectivity index (χ4v) is 8.22. The highest BCUT2D eigenvalue weighted by Gasteiger charge is 2.70. The first-order valence-corrected chi connectivity index (χ1v) is 18.6. The molecule has 0 aromatic heterocycles. The monoisotopic (exact) mass is 699 g/mol. The van der Waals surface area contributed by atoms with Crippen molar-refractivity contribution in [1.82, 2.24) is 26.2 Å². The second-order valence-corrected chi connectivity index (χ2v) is 16.3. The molecule has 10 heteroatoms. The molecule has 2 aliphatic carbocycles. The van der Waals surface area contributed by atoms with Crippen molar-refractivity contribution in [2.45, 2.75) is 129 Å². The Morgan fingerprint density at radius 2 is 1.63 bits per heavy atom. The fraction of sp³-hybridized carbons (Fsp3) is 0.634. The lowest BCUT2D eigenvalue weighted by Gasteiger charge is -2.41. The highest BCUT2D eigenvalue weighted by molar-refractivity contribution is 6.38. The summed E-state index contributed by atoms with van der Waals surface area (Å²) < 4.78 is 0. The number of nitrogens with one attached hydrogen (secondary N) is 4. The molecular formula is C41H57N5O5. The van der Waals surface area contributed by atoms with Gasteiger partial charge in [0, 0.05) is 31.5 Å². The second kappa shape index (κ2) is 16.8. The van der Waals surface area contributed by atoms with Crippen molar-refractivity contribution >= 4 is 29.5 Å². The first-order valence-electron chi connectivity index (χ1n) is 18.6. The van der Waals surface area contributed by atoms with Crippen molar-refractivity contribution in [1.29, 1.82) is 0 Å². The first-order chi connectivity index (χ1) is 24.1. The van der Waals surface area contributed by atoms with Crippen molar-refractivity contribution in [3.05, 3.63) is 35.9 Å². The molecular weight excluding hydrogens is 642 g/mol. The predicted molar refractivity (Wildman–Crippen MR) is 198 cm³/mol. The molecule has 1 aromatic rings. The summed E-state index contributed by atoms with van der Waals surface area (Å²) in [5.41, 5.74) is 0.0507. The largest absolute Gasteiger partial charge is 0.348 e. The summed E-state index contributed by atoms with van der Waals surface area (Å²) in [4.78, 5) is 69.7. The van der Waals surface area contributed by atoms with Crippen LogP contribution in [0.4, 0.5) is 4.79 Å². The minimum absolute atomic E-state index is 0.0707. The van der Waals surface area contributed by atoms with Gasteiger partial charge in [-0.15, -0.1) is 24.7 Å². The summed E-state index contributed by atoms with van der Waals surface area (Å²) in [6.45, 7) is 10.3. The van der Waals surface area contributed by atoms with Gasteiger partial charge >= 0.3 is 6.03 Å². The van der Waals surface area contributed by atoms with E-state index in [9.17, 15) is 24.0 Å². The Labute approximate surface area is 304 Å². The molecule has 2 unspecified atom stereocenters. The van der Waals surface area contributed by atoms with Crippen molar-refractivity contribution in [3.63, 3.8) is 0 Å². The molecule has 0 radical (unpaired) electrons. The highest BCUT2D eigenvalue weighted by Crippen LogP contribution is 2.65. The molecule has 5 amide bonds. The third-order valence-corrected chi connectivity index (χ3v) is 11.3. The third kappa shape index (κ3) is 9.73. The van der Waals surface area contributed by atoms with Crippen molar-refractivity contribution in [2.24, 2.45) is 22.7 Å². The summed E-state index contributed by atoms with van der Waals surface area (Å²) in [5, 5.41) is 11.6. The fourth-order valence-electron chi connectivity index (χ4n) is 8.22. The van der Waals surface area contributed by atoms with E-state index in [0.29, 0.717) is 6.54 Å². The average molecular weight is 700 g/mol. The van der Waals surface area contributed by atoms with Gasteiger partial charge in [0.25, 0.3) is 5.91 Å². The Bertz CT molecular complexity index is 1510. The summed E-state index contributed by atoms with van der Waals surface area (Å²) in [6.07, 6.45) is 18.9. The van der Waals surface area contributed by atoms with E-state index in [1.54, 1.807) is 4.90 Å². The van der Waals surface area contributed by atoms with E-state index < -0.39 is 41.1 Å². The number of urea groups is 1. The minimum atomic E-state index is -1.16. The SMILES string of the molecule is C#CCCNC(=O)C(=O)C(CCC#C)NC(=O)[C@@H]1[C@@H]2C(CN1C(=O)[C@@H](NC(=O)NC1(CCCc3ccccc3)CCCCC1)C(C)(C)C)C2(C)C. The van der Waals surface area contributed by atoms with Crippen LogP contribution in [0.25, 0.3) is 0 Å². The van der Waals surface area contributed by atoms with E-state index >= 15 is 0 Å². The highest BCUT2D eigenvalue weighted by atomic mass is 16.2. The maximum Gasteiger partial charge on any atom is 0.315 e. The first kappa shape index (κ1) is 39.5. The minimum Gasteiger partial charge on any atom is -0.348 e. The van der Waals surface area contributed by atoms with E-state index in [-0.39, 0.29) is 60.5 Å². The topological polar surface area (TPSA) is 137 Å². The molecule has 10 nitrogen and oxygen atoms in total. The van der Waals surface area contributed by atoms with Gasteiger partial charge in [0.15, 0.2) is 0 Å². The molecule has 1 aromatic carbocycles. The van der Waals surface area contributed by atoms with Gasteiger partial charge in [-0.1, -0.05) is 84.2 Å². The van der Waals surface area contributed by atoms with Gasteiger partial charge in [-0.2, -0.15) is 0 Å². The zero-order valence-electron chi connectivity index (χ0n) is 31.1. The van der Waals surface area contributed by atoms with Crippen molar-refractivity contribution in [2.75, 3.05) is 13.1 Å². The van der Waals surface area contributed by atoms with E-state index in [1.807, 2.05) is 39.0 Å². The van der Waals surface area contributed by atoms with Crippen LogP contribution in [0.3, 0.4) is 0 Å². The van der Waals surface area contributed by atoms with Crippen molar-refractivity contribution < 1.29 is 24.0 Å². The molecule has 276 valence electrons. The van der Waals surface area contributed by atoms with Crippen LogP contribution in [0.2, 0.25) is 0 Å². The van der Waals surface area contributed by atoms with Crippen LogP contribution in [-0.4, -0.2) is 71.2 Å². The molecule has 1 saturated heterocycles. The maximum absolute atomic E-state index is 14.5. The van der Waals surface area contributed by atoms with Gasteiger partial charge in [0.2, 0.25) is 17.6 Å². The number of rotatable bonds is 15. The Morgan fingerprint density at radius 3 is 2.25 bits per heavy atom. The number of aryl methyl sites for hydroxylation is 1. The molecule has 51 heavy (non-hydrogen) atoms. The number of likely N-dealkylation sites (tertiary alicyclic amines) is 1.